The molecule has 1 aromatic heterocycles. The van der Waals surface area contributed by atoms with Gasteiger partial charge in [-0.05, 0) is 6.42 Å². The monoisotopic (exact) mass is 194 g/mol. The Morgan fingerprint density at radius 3 is 2.93 bits per heavy atom. The second kappa shape index (κ2) is 4.96. The maximum atomic E-state index is 10.7. The molecule has 0 aliphatic carbocycles. The largest absolute Gasteiger partial charge is 0.476 e. The fourth-order valence-corrected chi connectivity index (χ4v) is 0.817. The van der Waals surface area contributed by atoms with E-state index in [1.807, 2.05) is 0 Å². The number of ether oxygens (including phenoxy) is 1. The average molecular weight is 194 g/mol. The molecular weight excluding hydrogens is 184 g/mol. The quantitative estimate of drug-likeness (QED) is 0.561. The molecule has 0 aliphatic heterocycles. The number of aromatic carboxylic acids is 1. The van der Waals surface area contributed by atoms with Crippen LogP contribution in [0.5, 0.6) is 5.88 Å². The summed E-state index contributed by atoms with van der Waals surface area (Å²) in [5.41, 5.74) is -0.170. The summed E-state index contributed by atoms with van der Waals surface area (Å²) in [7, 11) is 0. The second-order valence-corrected chi connectivity index (χ2v) is 2.44. The van der Waals surface area contributed by atoms with Crippen molar-refractivity contribution in [2.75, 3.05) is 6.61 Å². The second-order valence-electron chi connectivity index (χ2n) is 2.44. The van der Waals surface area contributed by atoms with Gasteiger partial charge in [0.1, 0.15) is 0 Å². The van der Waals surface area contributed by atoms with Crippen LogP contribution in [0.1, 0.15) is 16.9 Å². The zero-order valence-corrected chi connectivity index (χ0v) is 7.51. The molecule has 0 spiro atoms. The highest BCUT2D eigenvalue weighted by molar-refractivity contribution is 5.87. The summed E-state index contributed by atoms with van der Waals surface area (Å²) in [5.74, 6) is -1.10. The Morgan fingerprint density at radius 1 is 1.57 bits per heavy atom. The predicted molar refractivity (Wildman–Crippen MR) is 49.3 cm³/mol. The lowest BCUT2D eigenvalue weighted by Gasteiger charge is -2.04. The summed E-state index contributed by atoms with van der Waals surface area (Å²) in [6, 6.07) is 0. The molecule has 0 aliphatic rings. The molecule has 0 fully saturated rings. The van der Waals surface area contributed by atoms with Crippen molar-refractivity contribution >= 4 is 5.97 Å². The van der Waals surface area contributed by atoms with Gasteiger partial charge in [0.2, 0.25) is 11.6 Å². The highest BCUT2D eigenvalue weighted by Crippen LogP contribution is 2.10. The Morgan fingerprint density at radius 2 is 2.29 bits per heavy atom. The first-order valence-electron chi connectivity index (χ1n) is 4.03. The molecule has 74 valence electrons. The summed E-state index contributed by atoms with van der Waals surface area (Å²) in [6.07, 6.45) is 5.01. The smallest absolute Gasteiger partial charge is 0.360 e. The average Bonchev–Trinajstić information content (AvgIpc) is 2.19. The van der Waals surface area contributed by atoms with Crippen molar-refractivity contribution in [2.24, 2.45) is 0 Å². The SMILES string of the molecule is C=CCCOc1nccnc1C(=O)O. The molecule has 1 heterocycles. The van der Waals surface area contributed by atoms with E-state index in [0.29, 0.717) is 13.0 Å². The molecule has 0 bridgehead atoms. The summed E-state index contributed by atoms with van der Waals surface area (Å²) >= 11 is 0. The van der Waals surface area contributed by atoms with Gasteiger partial charge in [0.15, 0.2) is 0 Å². The summed E-state index contributed by atoms with van der Waals surface area (Å²) in [5, 5.41) is 8.72. The summed E-state index contributed by atoms with van der Waals surface area (Å²) in [4.78, 5) is 18.1. The fraction of sp³-hybridized carbons (Fsp3) is 0.222. The molecule has 5 nitrogen and oxygen atoms in total. The van der Waals surface area contributed by atoms with Gasteiger partial charge in [-0.2, -0.15) is 0 Å². The molecule has 1 aromatic rings. The Labute approximate surface area is 81.1 Å². The van der Waals surface area contributed by atoms with Gasteiger partial charge in [0.05, 0.1) is 6.61 Å². The zero-order chi connectivity index (χ0) is 10.4. The van der Waals surface area contributed by atoms with Crippen molar-refractivity contribution in [1.29, 1.82) is 0 Å². The fourth-order valence-electron chi connectivity index (χ4n) is 0.817. The van der Waals surface area contributed by atoms with Gasteiger partial charge in [-0.3, -0.25) is 0 Å². The molecule has 0 saturated carbocycles. The first kappa shape index (κ1) is 10.2. The normalized spacial score (nSPS) is 9.43. The highest BCUT2D eigenvalue weighted by Gasteiger charge is 2.13. The maximum Gasteiger partial charge on any atom is 0.360 e. The number of hydrogen-bond donors (Lipinski definition) is 1. The van der Waals surface area contributed by atoms with E-state index in [1.165, 1.54) is 12.4 Å². The van der Waals surface area contributed by atoms with E-state index in [2.05, 4.69) is 16.5 Å². The van der Waals surface area contributed by atoms with Crippen LogP contribution in [-0.2, 0) is 0 Å². The van der Waals surface area contributed by atoms with Gasteiger partial charge in [-0.15, -0.1) is 6.58 Å². The van der Waals surface area contributed by atoms with E-state index < -0.39 is 5.97 Å². The number of aromatic nitrogens is 2. The molecule has 1 N–H and O–H groups in total. The molecule has 0 aromatic carbocycles. The first-order chi connectivity index (χ1) is 6.75. The molecule has 0 radical (unpaired) electrons. The number of nitrogens with zero attached hydrogens (tertiary/aromatic N) is 2. The lowest BCUT2D eigenvalue weighted by molar-refractivity contribution is 0.0684. The van der Waals surface area contributed by atoms with E-state index in [-0.39, 0.29) is 11.6 Å². The minimum atomic E-state index is -1.15. The van der Waals surface area contributed by atoms with Gasteiger partial charge in [0, 0.05) is 12.4 Å². The molecule has 5 heteroatoms. The van der Waals surface area contributed by atoms with Crippen LogP contribution in [0.2, 0.25) is 0 Å². The van der Waals surface area contributed by atoms with Gasteiger partial charge < -0.3 is 9.84 Å². The third-order valence-electron chi connectivity index (χ3n) is 1.43. The Balaban J connectivity index is 2.74. The van der Waals surface area contributed by atoms with Crippen molar-refractivity contribution in [3.63, 3.8) is 0 Å². The lowest BCUT2D eigenvalue weighted by Crippen LogP contribution is -2.07. The van der Waals surface area contributed by atoms with Crippen molar-refractivity contribution < 1.29 is 14.6 Å². The topological polar surface area (TPSA) is 72.3 Å². The van der Waals surface area contributed by atoms with Crippen LogP contribution in [-0.4, -0.2) is 27.7 Å². The van der Waals surface area contributed by atoms with E-state index in [4.69, 9.17) is 9.84 Å². The molecular formula is C9H10N2O3. The number of carboxylic acid groups (broad SMARTS) is 1. The summed E-state index contributed by atoms with van der Waals surface area (Å²) in [6.45, 7) is 3.87. The van der Waals surface area contributed by atoms with Gasteiger partial charge in [-0.25, -0.2) is 14.8 Å². The third-order valence-corrected chi connectivity index (χ3v) is 1.43. The predicted octanol–water partition coefficient (Wildman–Crippen LogP) is 1.13. The van der Waals surface area contributed by atoms with E-state index in [9.17, 15) is 4.79 Å². The summed E-state index contributed by atoms with van der Waals surface area (Å²) < 4.78 is 5.11. The minimum Gasteiger partial charge on any atom is -0.476 e. The minimum absolute atomic E-state index is 0.0434. The number of rotatable bonds is 5. The van der Waals surface area contributed by atoms with Gasteiger partial charge in [-0.1, -0.05) is 6.08 Å². The Bertz CT molecular complexity index is 339. The van der Waals surface area contributed by atoms with Crippen molar-refractivity contribution in [3.05, 3.63) is 30.7 Å². The molecule has 0 atom stereocenters. The molecule has 0 saturated heterocycles. The molecule has 0 unspecified atom stereocenters. The first-order valence-corrected chi connectivity index (χ1v) is 4.03. The molecule has 0 amide bonds. The molecule has 1 rings (SSSR count). The van der Waals surface area contributed by atoms with Crippen LogP contribution in [0.4, 0.5) is 0 Å². The number of carbonyl (C=O) groups is 1. The van der Waals surface area contributed by atoms with Gasteiger partial charge in [0.25, 0.3) is 0 Å². The maximum absolute atomic E-state index is 10.7. The standard InChI is InChI=1S/C9H10N2O3/c1-2-3-6-14-8-7(9(12)13)10-4-5-11-8/h2,4-5H,1,3,6H2,(H,12,13). The molecule has 14 heavy (non-hydrogen) atoms. The van der Waals surface area contributed by atoms with Crippen LogP contribution in [0.15, 0.2) is 25.0 Å². The number of carboxylic acids is 1. The van der Waals surface area contributed by atoms with Crippen LogP contribution in [0.25, 0.3) is 0 Å². The number of hydrogen-bond acceptors (Lipinski definition) is 4. The van der Waals surface area contributed by atoms with Crippen LogP contribution < -0.4 is 4.74 Å². The lowest BCUT2D eigenvalue weighted by atomic mass is 10.4. The van der Waals surface area contributed by atoms with E-state index in [0.717, 1.165) is 0 Å². The van der Waals surface area contributed by atoms with E-state index >= 15 is 0 Å². The van der Waals surface area contributed by atoms with Crippen LogP contribution >= 0.6 is 0 Å². The Hall–Kier alpha value is -1.91. The van der Waals surface area contributed by atoms with Crippen LogP contribution in [0, 0.1) is 0 Å². The zero-order valence-electron chi connectivity index (χ0n) is 7.51. The van der Waals surface area contributed by atoms with Gasteiger partial charge >= 0.3 is 5.97 Å². The van der Waals surface area contributed by atoms with Crippen molar-refractivity contribution in [1.82, 2.24) is 9.97 Å². The third kappa shape index (κ3) is 2.55. The van der Waals surface area contributed by atoms with Crippen molar-refractivity contribution in [3.8, 4) is 5.88 Å². The van der Waals surface area contributed by atoms with Crippen molar-refractivity contribution in [2.45, 2.75) is 6.42 Å². The van der Waals surface area contributed by atoms with E-state index in [1.54, 1.807) is 6.08 Å². The Kier molecular flexibility index (Phi) is 3.60. The highest BCUT2D eigenvalue weighted by atomic mass is 16.5. The van der Waals surface area contributed by atoms with Crippen LogP contribution in [0.3, 0.4) is 0 Å².